The quantitative estimate of drug-likeness (QED) is 0.788. The number of ether oxygens (including phenoxy) is 1. The van der Waals surface area contributed by atoms with Crippen molar-refractivity contribution in [3.63, 3.8) is 0 Å². The zero-order chi connectivity index (χ0) is 14.5. The first-order chi connectivity index (χ1) is 9.60. The molecule has 5 heteroatoms. The molecule has 0 aliphatic heterocycles. The highest BCUT2D eigenvalue weighted by molar-refractivity contribution is 9.10. The Kier molecular flexibility index (Phi) is 5.26. The minimum Gasteiger partial charge on any atom is -0.492 e. The first-order valence-corrected chi connectivity index (χ1v) is 7.37. The van der Waals surface area contributed by atoms with Crippen LogP contribution in [0.2, 0.25) is 5.02 Å². The average molecular weight is 359 g/mol. The highest BCUT2D eigenvalue weighted by atomic mass is 79.9. The molecular weight excluding hydrogens is 345 g/mol. The molecule has 0 unspecified atom stereocenters. The van der Waals surface area contributed by atoms with E-state index in [1.807, 2.05) is 13.0 Å². The molecule has 0 saturated carbocycles. The highest BCUT2D eigenvalue weighted by Crippen LogP contribution is 2.29. The van der Waals surface area contributed by atoms with Crippen molar-refractivity contribution < 1.29 is 9.13 Å². The van der Waals surface area contributed by atoms with E-state index in [2.05, 4.69) is 21.2 Å². The van der Waals surface area contributed by atoms with Gasteiger partial charge in [0, 0.05) is 16.0 Å². The van der Waals surface area contributed by atoms with Crippen molar-refractivity contribution in [2.45, 2.75) is 13.5 Å². The maximum absolute atomic E-state index is 13.2. The van der Waals surface area contributed by atoms with E-state index in [1.54, 1.807) is 18.2 Å². The predicted octanol–water partition coefficient (Wildman–Crippen LogP) is 5.25. The molecule has 2 aromatic rings. The third kappa shape index (κ3) is 3.87. The molecule has 0 aliphatic carbocycles. The van der Waals surface area contributed by atoms with Gasteiger partial charge in [0.25, 0.3) is 0 Å². The van der Waals surface area contributed by atoms with Gasteiger partial charge in [-0.15, -0.1) is 0 Å². The molecule has 0 saturated heterocycles. The number of benzene rings is 2. The van der Waals surface area contributed by atoms with Gasteiger partial charge in [0.2, 0.25) is 0 Å². The van der Waals surface area contributed by atoms with Crippen LogP contribution in [0.15, 0.2) is 40.9 Å². The summed E-state index contributed by atoms with van der Waals surface area (Å²) in [5.74, 6) is 0.463. The number of hydrogen-bond acceptors (Lipinski definition) is 2. The average Bonchev–Trinajstić information content (AvgIpc) is 2.42. The van der Waals surface area contributed by atoms with Gasteiger partial charge in [-0.3, -0.25) is 0 Å². The third-order valence-electron chi connectivity index (χ3n) is 2.72. The molecule has 0 aliphatic rings. The van der Waals surface area contributed by atoms with Gasteiger partial charge in [-0.25, -0.2) is 4.39 Å². The second kappa shape index (κ2) is 6.95. The maximum Gasteiger partial charge on any atom is 0.142 e. The normalized spacial score (nSPS) is 10.4. The van der Waals surface area contributed by atoms with Gasteiger partial charge in [-0.1, -0.05) is 27.5 Å². The van der Waals surface area contributed by atoms with E-state index < -0.39 is 0 Å². The minimum absolute atomic E-state index is 0.263. The maximum atomic E-state index is 13.2. The predicted molar refractivity (Wildman–Crippen MR) is 84.0 cm³/mol. The van der Waals surface area contributed by atoms with Crippen LogP contribution in [-0.4, -0.2) is 6.61 Å². The largest absolute Gasteiger partial charge is 0.492 e. The van der Waals surface area contributed by atoms with E-state index in [-0.39, 0.29) is 5.82 Å². The van der Waals surface area contributed by atoms with E-state index in [0.29, 0.717) is 18.2 Å². The van der Waals surface area contributed by atoms with E-state index in [0.717, 1.165) is 21.5 Å². The van der Waals surface area contributed by atoms with E-state index in [9.17, 15) is 4.39 Å². The van der Waals surface area contributed by atoms with Crippen LogP contribution in [0.5, 0.6) is 5.75 Å². The van der Waals surface area contributed by atoms with Crippen molar-refractivity contribution in [3.05, 3.63) is 57.3 Å². The van der Waals surface area contributed by atoms with E-state index in [4.69, 9.17) is 16.3 Å². The summed E-state index contributed by atoms with van der Waals surface area (Å²) in [7, 11) is 0. The summed E-state index contributed by atoms with van der Waals surface area (Å²) >= 11 is 9.39. The molecule has 0 atom stereocenters. The topological polar surface area (TPSA) is 21.3 Å². The summed E-state index contributed by atoms with van der Waals surface area (Å²) in [6.07, 6.45) is 0. The lowest BCUT2D eigenvalue weighted by atomic mass is 10.2. The lowest BCUT2D eigenvalue weighted by Gasteiger charge is -2.13. The zero-order valence-corrected chi connectivity index (χ0v) is 13.3. The van der Waals surface area contributed by atoms with Crippen molar-refractivity contribution in [2.24, 2.45) is 0 Å². The number of nitrogens with one attached hydrogen (secondary N) is 1. The molecule has 2 rings (SSSR count). The summed E-state index contributed by atoms with van der Waals surface area (Å²) in [6, 6.07) is 9.97. The van der Waals surface area contributed by atoms with Gasteiger partial charge in [0.15, 0.2) is 0 Å². The highest BCUT2D eigenvalue weighted by Gasteiger charge is 2.06. The number of rotatable bonds is 5. The summed E-state index contributed by atoms with van der Waals surface area (Å²) in [4.78, 5) is 0. The lowest BCUT2D eigenvalue weighted by Crippen LogP contribution is -2.03. The minimum atomic E-state index is -0.263. The molecule has 106 valence electrons. The van der Waals surface area contributed by atoms with Gasteiger partial charge < -0.3 is 10.1 Å². The Morgan fingerprint density at radius 3 is 2.80 bits per heavy atom. The third-order valence-corrected chi connectivity index (χ3v) is 3.73. The second-order valence-corrected chi connectivity index (χ2v) is 5.45. The molecule has 0 aromatic heterocycles. The van der Waals surface area contributed by atoms with Crippen molar-refractivity contribution >= 4 is 33.2 Å². The number of anilines is 1. The Morgan fingerprint density at radius 1 is 1.25 bits per heavy atom. The molecule has 0 fully saturated rings. The molecule has 1 N–H and O–H groups in total. The van der Waals surface area contributed by atoms with Gasteiger partial charge >= 0.3 is 0 Å². The Morgan fingerprint density at radius 2 is 2.05 bits per heavy atom. The number of hydrogen-bond donors (Lipinski definition) is 1. The molecule has 0 amide bonds. The molecule has 2 nitrogen and oxygen atoms in total. The second-order valence-electron chi connectivity index (χ2n) is 4.16. The fourth-order valence-corrected chi connectivity index (χ4v) is 2.35. The van der Waals surface area contributed by atoms with Crippen LogP contribution in [0.3, 0.4) is 0 Å². The molecule has 20 heavy (non-hydrogen) atoms. The van der Waals surface area contributed by atoms with Gasteiger partial charge in [0.1, 0.15) is 11.6 Å². The smallest absolute Gasteiger partial charge is 0.142 e. The fraction of sp³-hybridized carbons (Fsp3) is 0.200. The SMILES string of the molecule is CCOc1ccc(Cl)cc1NCc1cc(F)ccc1Br. The van der Waals surface area contributed by atoms with E-state index >= 15 is 0 Å². The van der Waals surface area contributed by atoms with Crippen LogP contribution in [0.1, 0.15) is 12.5 Å². The van der Waals surface area contributed by atoms with Crippen molar-refractivity contribution in [2.75, 3.05) is 11.9 Å². The first-order valence-electron chi connectivity index (χ1n) is 6.20. The van der Waals surface area contributed by atoms with Crippen LogP contribution in [0.4, 0.5) is 10.1 Å². The van der Waals surface area contributed by atoms with Crippen molar-refractivity contribution in [1.82, 2.24) is 0 Å². The molecule has 2 aromatic carbocycles. The Labute approximate surface area is 131 Å². The van der Waals surface area contributed by atoms with Crippen molar-refractivity contribution in [1.29, 1.82) is 0 Å². The molecule has 0 radical (unpaired) electrons. The molecule has 0 bridgehead atoms. The summed E-state index contributed by atoms with van der Waals surface area (Å²) < 4.78 is 19.6. The standard InChI is InChI=1S/C15H14BrClFNO/c1-2-20-15-6-3-11(17)8-14(15)19-9-10-7-12(18)4-5-13(10)16/h3-8,19H,2,9H2,1H3. The number of halogens is 3. The summed E-state index contributed by atoms with van der Waals surface area (Å²) in [6.45, 7) is 2.96. The summed E-state index contributed by atoms with van der Waals surface area (Å²) in [5, 5.41) is 3.84. The van der Waals surface area contributed by atoms with Crippen LogP contribution >= 0.6 is 27.5 Å². The van der Waals surface area contributed by atoms with Crippen LogP contribution in [0, 0.1) is 5.82 Å². The Hall–Kier alpha value is -1.26. The van der Waals surface area contributed by atoms with Gasteiger partial charge in [-0.05, 0) is 48.9 Å². The van der Waals surface area contributed by atoms with Crippen molar-refractivity contribution in [3.8, 4) is 5.75 Å². The van der Waals surface area contributed by atoms with Gasteiger partial charge in [-0.2, -0.15) is 0 Å². The fourth-order valence-electron chi connectivity index (χ4n) is 1.79. The Bertz CT molecular complexity index is 606. The first kappa shape index (κ1) is 15.1. The molecular formula is C15H14BrClFNO. The molecule has 0 heterocycles. The van der Waals surface area contributed by atoms with Crippen LogP contribution in [0.25, 0.3) is 0 Å². The summed E-state index contributed by atoms with van der Waals surface area (Å²) in [5.41, 5.74) is 1.61. The van der Waals surface area contributed by atoms with Crippen LogP contribution < -0.4 is 10.1 Å². The van der Waals surface area contributed by atoms with Gasteiger partial charge in [0.05, 0.1) is 12.3 Å². The lowest BCUT2D eigenvalue weighted by molar-refractivity contribution is 0.341. The molecule has 0 spiro atoms. The Balaban J connectivity index is 2.17. The zero-order valence-electron chi connectivity index (χ0n) is 10.9. The van der Waals surface area contributed by atoms with Crippen LogP contribution in [-0.2, 0) is 6.54 Å². The van der Waals surface area contributed by atoms with E-state index in [1.165, 1.54) is 12.1 Å². The monoisotopic (exact) mass is 357 g/mol.